The average molecular weight is 205 g/mol. The van der Waals surface area contributed by atoms with E-state index in [-0.39, 0.29) is 5.54 Å². The Balaban J connectivity index is 2.11. The second kappa shape index (κ2) is 2.88. The zero-order valence-corrected chi connectivity index (χ0v) is 9.60. The van der Waals surface area contributed by atoms with Gasteiger partial charge in [-0.3, -0.25) is 0 Å². The SMILES string of the molecule is CC1(C)NCC2(CCCC2)c2occc21. The number of hydrogen-bond acceptors (Lipinski definition) is 2. The van der Waals surface area contributed by atoms with E-state index in [2.05, 4.69) is 25.2 Å². The fourth-order valence-electron chi connectivity index (χ4n) is 3.23. The van der Waals surface area contributed by atoms with E-state index in [1.807, 2.05) is 6.26 Å². The summed E-state index contributed by atoms with van der Waals surface area (Å²) in [5, 5.41) is 3.67. The molecule has 0 bridgehead atoms. The Bertz CT molecular complexity index is 372. The van der Waals surface area contributed by atoms with Crippen molar-refractivity contribution >= 4 is 0 Å². The summed E-state index contributed by atoms with van der Waals surface area (Å²) in [5.41, 5.74) is 1.76. The summed E-state index contributed by atoms with van der Waals surface area (Å²) in [6.07, 6.45) is 7.14. The summed E-state index contributed by atoms with van der Waals surface area (Å²) in [5.74, 6) is 1.27. The number of rotatable bonds is 0. The minimum atomic E-state index is 0.0795. The Morgan fingerprint density at radius 3 is 2.73 bits per heavy atom. The highest BCUT2D eigenvalue weighted by molar-refractivity contribution is 5.35. The smallest absolute Gasteiger partial charge is 0.116 e. The van der Waals surface area contributed by atoms with E-state index in [0.29, 0.717) is 5.41 Å². The first-order valence-electron chi connectivity index (χ1n) is 5.98. The molecule has 0 aromatic carbocycles. The maximum atomic E-state index is 5.79. The number of hydrogen-bond donors (Lipinski definition) is 1. The molecule has 1 fully saturated rings. The van der Waals surface area contributed by atoms with Crippen LogP contribution >= 0.6 is 0 Å². The zero-order chi connectivity index (χ0) is 10.5. The van der Waals surface area contributed by atoms with Crippen LogP contribution in [-0.4, -0.2) is 6.54 Å². The van der Waals surface area contributed by atoms with Crippen molar-refractivity contribution in [2.45, 2.75) is 50.5 Å². The van der Waals surface area contributed by atoms with Crippen LogP contribution in [0.15, 0.2) is 16.7 Å². The van der Waals surface area contributed by atoms with E-state index in [9.17, 15) is 0 Å². The second-order valence-electron chi connectivity index (χ2n) is 5.63. The monoisotopic (exact) mass is 205 g/mol. The van der Waals surface area contributed by atoms with Crippen LogP contribution in [0, 0.1) is 0 Å². The van der Waals surface area contributed by atoms with Gasteiger partial charge >= 0.3 is 0 Å². The minimum Gasteiger partial charge on any atom is -0.468 e. The lowest BCUT2D eigenvalue weighted by atomic mass is 9.74. The Morgan fingerprint density at radius 1 is 1.27 bits per heavy atom. The van der Waals surface area contributed by atoms with Gasteiger partial charge in [-0.15, -0.1) is 0 Å². The predicted molar refractivity (Wildman–Crippen MR) is 59.9 cm³/mol. The van der Waals surface area contributed by atoms with E-state index in [1.165, 1.54) is 37.0 Å². The largest absolute Gasteiger partial charge is 0.468 e. The van der Waals surface area contributed by atoms with Gasteiger partial charge in [0.2, 0.25) is 0 Å². The van der Waals surface area contributed by atoms with Crippen LogP contribution in [0.1, 0.15) is 50.9 Å². The van der Waals surface area contributed by atoms with Crippen molar-refractivity contribution in [3.05, 3.63) is 23.7 Å². The van der Waals surface area contributed by atoms with Crippen molar-refractivity contribution in [3.63, 3.8) is 0 Å². The first-order valence-corrected chi connectivity index (χ1v) is 5.98. The fourth-order valence-corrected chi connectivity index (χ4v) is 3.23. The van der Waals surface area contributed by atoms with Gasteiger partial charge in [0, 0.05) is 23.1 Å². The van der Waals surface area contributed by atoms with E-state index < -0.39 is 0 Å². The molecule has 0 radical (unpaired) electrons. The van der Waals surface area contributed by atoms with Gasteiger partial charge in [-0.1, -0.05) is 12.8 Å². The maximum absolute atomic E-state index is 5.79. The molecule has 1 aliphatic heterocycles. The molecule has 15 heavy (non-hydrogen) atoms. The van der Waals surface area contributed by atoms with Crippen LogP contribution in [0.5, 0.6) is 0 Å². The third-order valence-electron chi connectivity index (χ3n) is 4.25. The van der Waals surface area contributed by atoms with Gasteiger partial charge in [-0.2, -0.15) is 0 Å². The molecule has 1 spiro atoms. The molecule has 2 aliphatic rings. The van der Waals surface area contributed by atoms with Crippen molar-refractivity contribution in [1.29, 1.82) is 0 Å². The van der Waals surface area contributed by atoms with Gasteiger partial charge in [0.25, 0.3) is 0 Å². The number of furan rings is 1. The highest BCUT2D eigenvalue weighted by Gasteiger charge is 2.46. The molecule has 1 aromatic heterocycles. The molecule has 1 N–H and O–H groups in total. The molecule has 2 nitrogen and oxygen atoms in total. The molecule has 0 saturated heterocycles. The van der Waals surface area contributed by atoms with E-state index in [1.54, 1.807) is 0 Å². The van der Waals surface area contributed by atoms with E-state index >= 15 is 0 Å². The number of nitrogens with one attached hydrogen (secondary N) is 1. The van der Waals surface area contributed by atoms with E-state index in [0.717, 1.165) is 6.54 Å². The summed E-state index contributed by atoms with van der Waals surface area (Å²) < 4.78 is 5.79. The predicted octanol–water partition coefficient (Wildman–Crippen LogP) is 2.93. The van der Waals surface area contributed by atoms with Crippen molar-refractivity contribution in [2.24, 2.45) is 0 Å². The van der Waals surface area contributed by atoms with Crippen LogP contribution in [0.3, 0.4) is 0 Å². The highest BCUT2D eigenvalue weighted by Crippen LogP contribution is 2.47. The van der Waals surface area contributed by atoms with Gasteiger partial charge in [0.05, 0.1) is 6.26 Å². The van der Waals surface area contributed by atoms with Crippen LogP contribution < -0.4 is 5.32 Å². The molecule has 2 heterocycles. The lowest BCUT2D eigenvalue weighted by Crippen LogP contribution is -2.50. The molecule has 1 saturated carbocycles. The van der Waals surface area contributed by atoms with Crippen LogP contribution in [-0.2, 0) is 11.0 Å². The normalized spacial score (nSPS) is 26.8. The summed E-state index contributed by atoms with van der Waals surface area (Å²) >= 11 is 0. The van der Waals surface area contributed by atoms with Crippen LogP contribution in [0.4, 0.5) is 0 Å². The molecule has 3 rings (SSSR count). The van der Waals surface area contributed by atoms with Crippen molar-refractivity contribution < 1.29 is 4.42 Å². The number of fused-ring (bicyclic) bond motifs is 2. The van der Waals surface area contributed by atoms with Crippen molar-refractivity contribution in [2.75, 3.05) is 6.54 Å². The molecule has 1 aliphatic carbocycles. The van der Waals surface area contributed by atoms with Crippen molar-refractivity contribution in [1.82, 2.24) is 5.32 Å². The van der Waals surface area contributed by atoms with Gasteiger partial charge in [-0.05, 0) is 32.8 Å². The van der Waals surface area contributed by atoms with E-state index in [4.69, 9.17) is 4.42 Å². The highest BCUT2D eigenvalue weighted by atomic mass is 16.3. The molecule has 0 amide bonds. The van der Waals surface area contributed by atoms with Crippen LogP contribution in [0.25, 0.3) is 0 Å². The lowest BCUT2D eigenvalue weighted by Gasteiger charge is -2.41. The second-order valence-corrected chi connectivity index (χ2v) is 5.63. The average Bonchev–Trinajstić information content (AvgIpc) is 2.83. The summed E-state index contributed by atoms with van der Waals surface area (Å²) in [4.78, 5) is 0. The Hall–Kier alpha value is -0.760. The topological polar surface area (TPSA) is 25.2 Å². The van der Waals surface area contributed by atoms with Gasteiger partial charge < -0.3 is 9.73 Å². The third-order valence-corrected chi connectivity index (χ3v) is 4.25. The summed E-state index contributed by atoms with van der Waals surface area (Å²) in [6.45, 7) is 5.56. The third kappa shape index (κ3) is 1.21. The fraction of sp³-hybridized carbons (Fsp3) is 0.692. The lowest BCUT2D eigenvalue weighted by molar-refractivity contribution is 0.238. The zero-order valence-electron chi connectivity index (χ0n) is 9.60. The maximum Gasteiger partial charge on any atom is 0.116 e. The Morgan fingerprint density at radius 2 is 2.00 bits per heavy atom. The Kier molecular flexibility index (Phi) is 1.82. The molecule has 2 heteroatoms. The van der Waals surface area contributed by atoms with Crippen molar-refractivity contribution in [3.8, 4) is 0 Å². The first-order chi connectivity index (χ1) is 7.14. The standard InChI is InChI=1S/C13H19NO/c1-12(2)10-5-8-15-11(10)13(9-14-12)6-3-4-7-13/h5,8,14H,3-4,6-7,9H2,1-2H3. The molecular formula is C13H19NO. The molecule has 0 atom stereocenters. The van der Waals surface area contributed by atoms with Gasteiger partial charge in [0.15, 0.2) is 0 Å². The minimum absolute atomic E-state index is 0.0795. The Labute approximate surface area is 91.0 Å². The molecule has 82 valence electrons. The van der Waals surface area contributed by atoms with Crippen LogP contribution in [0.2, 0.25) is 0 Å². The van der Waals surface area contributed by atoms with Gasteiger partial charge in [0.1, 0.15) is 5.76 Å². The first kappa shape index (κ1) is 9.46. The molecule has 0 unspecified atom stereocenters. The summed E-state index contributed by atoms with van der Waals surface area (Å²) in [7, 11) is 0. The quantitative estimate of drug-likeness (QED) is 0.704. The molecule has 1 aromatic rings. The van der Waals surface area contributed by atoms with Gasteiger partial charge in [-0.25, -0.2) is 0 Å². The molecular weight excluding hydrogens is 186 g/mol. The summed E-state index contributed by atoms with van der Waals surface area (Å²) in [6, 6.07) is 2.14.